The van der Waals surface area contributed by atoms with Gasteiger partial charge in [0.15, 0.2) is 0 Å². The molecule has 1 heterocycles. The van der Waals surface area contributed by atoms with Crippen LogP contribution in [0.2, 0.25) is 0 Å². The van der Waals surface area contributed by atoms with Gasteiger partial charge in [-0.3, -0.25) is 0 Å². The number of fused-ring (bicyclic) bond motifs is 2. The zero-order valence-corrected chi connectivity index (χ0v) is 11.3. The molecule has 4 nitrogen and oxygen atoms in total. The fraction of sp³-hybridized carbons (Fsp3) is 0.467. The van der Waals surface area contributed by atoms with Crippen molar-refractivity contribution >= 4 is 11.8 Å². The third-order valence-corrected chi connectivity index (χ3v) is 3.85. The topological polar surface area (TPSA) is 50.7 Å². The molecule has 1 aliphatic heterocycles. The van der Waals surface area contributed by atoms with E-state index in [1.807, 2.05) is 0 Å². The van der Waals surface area contributed by atoms with E-state index < -0.39 is 0 Å². The average molecular weight is 261 g/mol. The maximum Gasteiger partial charge on any atom is 0.149 e. The standard InChI is InChI=1S/C15H19NO3/c1-18-14-10-5-3-4-6-11(10)15(19-2)13-12(14)7-9(17)8-16-13/h4,6,9,16-17H,3,5,7-8H2,1-2H3. The summed E-state index contributed by atoms with van der Waals surface area (Å²) in [6.45, 7) is 0.551. The van der Waals surface area contributed by atoms with E-state index in [1.54, 1.807) is 14.2 Å². The Bertz CT molecular complexity index is 537. The summed E-state index contributed by atoms with van der Waals surface area (Å²) < 4.78 is 11.2. The molecule has 1 unspecified atom stereocenters. The smallest absolute Gasteiger partial charge is 0.149 e. The van der Waals surface area contributed by atoms with Crippen LogP contribution in [0.1, 0.15) is 23.1 Å². The number of benzene rings is 1. The quantitative estimate of drug-likeness (QED) is 0.855. The van der Waals surface area contributed by atoms with Crippen LogP contribution >= 0.6 is 0 Å². The first-order valence-corrected chi connectivity index (χ1v) is 6.64. The van der Waals surface area contributed by atoms with Gasteiger partial charge < -0.3 is 19.9 Å². The first-order chi connectivity index (χ1) is 9.26. The monoisotopic (exact) mass is 261 g/mol. The Kier molecular flexibility index (Phi) is 3.11. The van der Waals surface area contributed by atoms with Gasteiger partial charge in [-0.05, 0) is 12.8 Å². The summed E-state index contributed by atoms with van der Waals surface area (Å²) in [5.74, 6) is 1.77. The minimum atomic E-state index is -0.372. The van der Waals surface area contributed by atoms with Crippen molar-refractivity contribution in [3.05, 3.63) is 22.8 Å². The normalized spacial score (nSPS) is 20.3. The largest absolute Gasteiger partial charge is 0.496 e. The van der Waals surface area contributed by atoms with Gasteiger partial charge in [0.1, 0.15) is 11.5 Å². The van der Waals surface area contributed by atoms with Gasteiger partial charge >= 0.3 is 0 Å². The van der Waals surface area contributed by atoms with Crippen LogP contribution in [0.3, 0.4) is 0 Å². The van der Waals surface area contributed by atoms with Gasteiger partial charge in [-0.25, -0.2) is 0 Å². The SMILES string of the molecule is COc1c2c(c(OC)c3c1CC(O)CN3)C=CCC2. The first kappa shape index (κ1) is 12.4. The summed E-state index contributed by atoms with van der Waals surface area (Å²) in [5, 5.41) is 13.1. The van der Waals surface area contributed by atoms with Crippen molar-refractivity contribution < 1.29 is 14.6 Å². The van der Waals surface area contributed by atoms with Gasteiger partial charge in [-0.1, -0.05) is 12.2 Å². The molecule has 1 aromatic carbocycles. The Morgan fingerprint density at radius 2 is 2.00 bits per heavy atom. The molecule has 0 spiro atoms. The van der Waals surface area contributed by atoms with E-state index in [4.69, 9.17) is 9.47 Å². The van der Waals surface area contributed by atoms with Crippen LogP contribution in [-0.2, 0) is 12.8 Å². The first-order valence-electron chi connectivity index (χ1n) is 6.64. The second-order valence-corrected chi connectivity index (χ2v) is 4.99. The molecule has 0 amide bonds. The third kappa shape index (κ3) is 1.87. The minimum absolute atomic E-state index is 0.372. The van der Waals surface area contributed by atoms with E-state index in [1.165, 1.54) is 5.56 Å². The molecular weight excluding hydrogens is 242 g/mol. The lowest BCUT2D eigenvalue weighted by Gasteiger charge is -2.30. The van der Waals surface area contributed by atoms with E-state index >= 15 is 0 Å². The molecule has 0 fully saturated rings. The highest BCUT2D eigenvalue weighted by atomic mass is 16.5. The average Bonchev–Trinajstić information content (AvgIpc) is 2.44. The minimum Gasteiger partial charge on any atom is -0.496 e. The number of aliphatic hydroxyl groups is 1. The molecule has 2 aliphatic rings. The lowest BCUT2D eigenvalue weighted by molar-refractivity contribution is 0.182. The van der Waals surface area contributed by atoms with E-state index in [2.05, 4.69) is 17.5 Å². The summed E-state index contributed by atoms with van der Waals surface area (Å²) in [6.07, 6.45) is 6.47. The molecule has 0 saturated heterocycles. The van der Waals surface area contributed by atoms with E-state index in [-0.39, 0.29) is 6.10 Å². The molecule has 19 heavy (non-hydrogen) atoms. The van der Waals surface area contributed by atoms with Crippen molar-refractivity contribution in [2.45, 2.75) is 25.4 Å². The van der Waals surface area contributed by atoms with Crippen LogP contribution in [0.25, 0.3) is 6.08 Å². The van der Waals surface area contributed by atoms with Crippen molar-refractivity contribution in [3.63, 3.8) is 0 Å². The number of ether oxygens (including phenoxy) is 2. The number of nitrogens with one attached hydrogen (secondary N) is 1. The molecular formula is C15H19NO3. The summed E-state index contributed by atoms with van der Waals surface area (Å²) in [5.41, 5.74) is 4.30. The highest BCUT2D eigenvalue weighted by Gasteiger charge is 2.29. The summed E-state index contributed by atoms with van der Waals surface area (Å²) in [7, 11) is 3.39. The third-order valence-electron chi connectivity index (χ3n) is 3.85. The molecule has 102 valence electrons. The number of hydrogen-bond acceptors (Lipinski definition) is 4. The molecule has 0 aromatic heterocycles. The van der Waals surface area contributed by atoms with E-state index in [0.717, 1.165) is 41.2 Å². The zero-order chi connectivity index (χ0) is 13.4. The number of methoxy groups -OCH3 is 2. The van der Waals surface area contributed by atoms with Crippen LogP contribution in [0.5, 0.6) is 11.5 Å². The van der Waals surface area contributed by atoms with Crippen molar-refractivity contribution in [1.29, 1.82) is 0 Å². The maximum absolute atomic E-state index is 9.87. The van der Waals surface area contributed by atoms with Gasteiger partial charge in [-0.15, -0.1) is 0 Å². The second-order valence-electron chi connectivity index (χ2n) is 4.99. The van der Waals surface area contributed by atoms with Gasteiger partial charge in [0, 0.05) is 29.7 Å². The molecule has 0 bridgehead atoms. The van der Waals surface area contributed by atoms with E-state index in [9.17, 15) is 5.11 Å². The van der Waals surface area contributed by atoms with Crippen molar-refractivity contribution in [2.24, 2.45) is 0 Å². The van der Waals surface area contributed by atoms with Crippen LogP contribution < -0.4 is 14.8 Å². The Balaban J connectivity index is 2.28. The number of rotatable bonds is 2. The lowest BCUT2D eigenvalue weighted by Crippen LogP contribution is -2.29. The van der Waals surface area contributed by atoms with Gasteiger partial charge in [-0.2, -0.15) is 0 Å². The zero-order valence-electron chi connectivity index (χ0n) is 11.3. The van der Waals surface area contributed by atoms with Crippen molar-refractivity contribution in [3.8, 4) is 11.5 Å². The van der Waals surface area contributed by atoms with Crippen LogP contribution in [0, 0.1) is 0 Å². The van der Waals surface area contributed by atoms with E-state index in [0.29, 0.717) is 13.0 Å². The predicted molar refractivity (Wildman–Crippen MR) is 75.1 cm³/mol. The number of β-amino-alcohol motifs (C(OH)–C–C–N with tert-alkyl or cyclic N) is 1. The fourth-order valence-electron chi connectivity index (χ4n) is 3.05. The number of aliphatic hydroxyl groups excluding tert-OH is 1. The molecule has 1 aromatic rings. The fourth-order valence-corrected chi connectivity index (χ4v) is 3.05. The molecule has 4 heteroatoms. The van der Waals surface area contributed by atoms with Crippen molar-refractivity contribution in [2.75, 3.05) is 26.1 Å². The van der Waals surface area contributed by atoms with Gasteiger partial charge in [0.05, 0.1) is 26.0 Å². The molecule has 0 radical (unpaired) electrons. The molecule has 1 atom stereocenters. The molecule has 3 rings (SSSR count). The second kappa shape index (κ2) is 4.78. The molecule has 2 N–H and O–H groups in total. The highest BCUT2D eigenvalue weighted by molar-refractivity contribution is 5.80. The van der Waals surface area contributed by atoms with Gasteiger partial charge in [0.25, 0.3) is 0 Å². The van der Waals surface area contributed by atoms with Crippen LogP contribution in [-0.4, -0.2) is 32.0 Å². The maximum atomic E-state index is 9.87. The van der Waals surface area contributed by atoms with Crippen LogP contribution in [0.4, 0.5) is 5.69 Å². The Labute approximate surface area is 113 Å². The Hall–Kier alpha value is -1.68. The number of anilines is 1. The van der Waals surface area contributed by atoms with Gasteiger partial charge in [0.2, 0.25) is 0 Å². The summed E-state index contributed by atoms with van der Waals surface area (Å²) >= 11 is 0. The predicted octanol–water partition coefficient (Wildman–Crippen LogP) is 1.99. The van der Waals surface area contributed by atoms with Crippen molar-refractivity contribution in [1.82, 2.24) is 0 Å². The van der Waals surface area contributed by atoms with Crippen LogP contribution in [0.15, 0.2) is 6.08 Å². The number of allylic oxidation sites excluding steroid dienone is 1. The summed E-state index contributed by atoms with van der Waals surface area (Å²) in [6, 6.07) is 0. The number of hydrogen-bond donors (Lipinski definition) is 2. The Morgan fingerprint density at radius 1 is 1.21 bits per heavy atom. The molecule has 1 aliphatic carbocycles. The highest BCUT2D eigenvalue weighted by Crippen LogP contribution is 2.46. The summed E-state index contributed by atoms with van der Waals surface area (Å²) in [4.78, 5) is 0. The Morgan fingerprint density at radius 3 is 2.74 bits per heavy atom. The molecule has 0 saturated carbocycles. The lowest BCUT2D eigenvalue weighted by atomic mass is 9.88.